The van der Waals surface area contributed by atoms with Gasteiger partial charge in [-0.25, -0.2) is 0 Å². The summed E-state index contributed by atoms with van der Waals surface area (Å²) in [6.07, 6.45) is 2.73. The van der Waals surface area contributed by atoms with Crippen molar-refractivity contribution in [2.75, 3.05) is 13.1 Å². The molecule has 0 aliphatic heterocycles. The molecule has 0 saturated carbocycles. The summed E-state index contributed by atoms with van der Waals surface area (Å²) in [5.41, 5.74) is 1.31. The van der Waals surface area contributed by atoms with E-state index in [-0.39, 0.29) is 5.56 Å². The molecule has 3 aromatic rings. The van der Waals surface area contributed by atoms with Gasteiger partial charge in [0.05, 0.1) is 0 Å². The number of fused-ring (bicyclic) bond motifs is 1. The first kappa shape index (κ1) is 17.7. The summed E-state index contributed by atoms with van der Waals surface area (Å²) in [6.45, 7) is 4.04. The molecule has 0 aliphatic carbocycles. The van der Waals surface area contributed by atoms with E-state index in [0.717, 1.165) is 35.2 Å². The van der Waals surface area contributed by atoms with Gasteiger partial charge in [-0.3, -0.25) is 9.52 Å². The zero-order valence-electron chi connectivity index (χ0n) is 14.3. The average molecular weight is 353 g/mol. The number of benzene rings is 2. The summed E-state index contributed by atoms with van der Waals surface area (Å²) in [7, 11) is 0. The van der Waals surface area contributed by atoms with E-state index in [0.29, 0.717) is 6.04 Å². The number of hydrogen-bond donors (Lipinski definition) is 3. The highest BCUT2D eigenvalue weighted by atomic mass is 32.2. The summed E-state index contributed by atoms with van der Waals surface area (Å²) in [5, 5.41) is 5.17. The highest BCUT2D eigenvalue weighted by molar-refractivity contribution is 7.97. The van der Waals surface area contributed by atoms with E-state index in [1.165, 1.54) is 5.56 Å². The smallest absolute Gasteiger partial charge is 0.255 e. The van der Waals surface area contributed by atoms with Crippen LogP contribution in [0.5, 0.6) is 0 Å². The molecule has 1 heterocycles. The quantitative estimate of drug-likeness (QED) is 0.429. The number of rotatable bonds is 8. The molecule has 4 nitrogen and oxygen atoms in total. The van der Waals surface area contributed by atoms with Crippen LogP contribution in [0, 0.1) is 0 Å². The molecular weight excluding hydrogens is 330 g/mol. The Bertz CT molecular complexity index is 863. The van der Waals surface area contributed by atoms with Gasteiger partial charge in [0.1, 0.15) is 0 Å². The first-order chi connectivity index (χ1) is 12.2. The van der Waals surface area contributed by atoms with E-state index in [1.807, 2.05) is 30.3 Å². The third kappa shape index (κ3) is 5.19. The van der Waals surface area contributed by atoms with Crippen molar-refractivity contribution in [1.82, 2.24) is 15.0 Å². The van der Waals surface area contributed by atoms with Gasteiger partial charge in [0.25, 0.3) is 5.56 Å². The first-order valence-electron chi connectivity index (χ1n) is 8.51. The third-order valence-corrected chi connectivity index (χ3v) is 5.02. The van der Waals surface area contributed by atoms with Gasteiger partial charge in [-0.05, 0) is 67.1 Å². The van der Waals surface area contributed by atoms with Crippen LogP contribution in [0.1, 0.15) is 12.5 Å². The molecule has 3 rings (SSSR count). The fourth-order valence-corrected chi connectivity index (χ4v) is 3.38. The average Bonchev–Trinajstić information content (AvgIpc) is 2.64. The number of H-pyrrole nitrogens is 1. The van der Waals surface area contributed by atoms with Crippen LogP contribution in [0.3, 0.4) is 0 Å². The van der Waals surface area contributed by atoms with Crippen LogP contribution >= 0.6 is 11.9 Å². The highest BCUT2D eigenvalue weighted by Gasteiger charge is 2.04. The maximum atomic E-state index is 11.7. The predicted octanol–water partition coefficient (Wildman–Crippen LogP) is 3.35. The lowest BCUT2D eigenvalue weighted by Gasteiger charge is -2.14. The van der Waals surface area contributed by atoms with Crippen molar-refractivity contribution < 1.29 is 0 Å². The summed E-state index contributed by atoms with van der Waals surface area (Å²) >= 11 is 1.60. The van der Waals surface area contributed by atoms with Crippen molar-refractivity contribution in [1.29, 1.82) is 0 Å². The van der Waals surface area contributed by atoms with Gasteiger partial charge in [0.2, 0.25) is 0 Å². The number of nitrogens with one attached hydrogen (secondary N) is 3. The van der Waals surface area contributed by atoms with E-state index in [4.69, 9.17) is 0 Å². The van der Waals surface area contributed by atoms with Gasteiger partial charge >= 0.3 is 0 Å². The van der Waals surface area contributed by atoms with Gasteiger partial charge in [-0.2, -0.15) is 0 Å². The second kappa shape index (κ2) is 8.85. The normalized spacial score (nSPS) is 12.4. The largest absolute Gasteiger partial charge is 0.329 e. The molecule has 0 spiro atoms. The molecule has 0 fully saturated rings. The van der Waals surface area contributed by atoms with E-state index in [1.54, 1.807) is 18.1 Å². The maximum absolute atomic E-state index is 11.7. The minimum Gasteiger partial charge on any atom is -0.329 e. The third-order valence-electron chi connectivity index (χ3n) is 4.01. The van der Waals surface area contributed by atoms with Crippen LogP contribution in [0.2, 0.25) is 0 Å². The van der Waals surface area contributed by atoms with Crippen LogP contribution < -0.4 is 15.6 Å². The van der Waals surface area contributed by atoms with E-state index >= 15 is 0 Å². The Balaban J connectivity index is 1.43. The summed E-state index contributed by atoms with van der Waals surface area (Å²) in [4.78, 5) is 15.5. The maximum Gasteiger partial charge on any atom is 0.255 e. The predicted molar refractivity (Wildman–Crippen MR) is 106 cm³/mol. The second-order valence-corrected chi connectivity index (χ2v) is 7.03. The summed E-state index contributed by atoms with van der Waals surface area (Å²) < 4.78 is 3.45. The van der Waals surface area contributed by atoms with Crippen molar-refractivity contribution in [2.24, 2.45) is 0 Å². The molecule has 0 aliphatic rings. The standard InChI is InChI=1S/C20H23N3OS/c1-15(14-21-11-9-16-5-3-2-4-6-16)23-25-18-7-8-19-17(13-18)10-12-22-20(19)24/h2-8,10,12-13,15,21,23H,9,11,14H2,1H3,(H,22,24)/t15-/m1/s1. The minimum atomic E-state index is -0.0435. The topological polar surface area (TPSA) is 56.9 Å². The summed E-state index contributed by atoms with van der Waals surface area (Å²) in [6, 6.07) is 18.7. The van der Waals surface area contributed by atoms with Crippen LogP contribution in [-0.2, 0) is 6.42 Å². The lowest BCUT2D eigenvalue weighted by Crippen LogP contribution is -2.33. The Labute approximate surface area is 152 Å². The monoisotopic (exact) mass is 353 g/mol. The number of aromatic amines is 1. The van der Waals surface area contributed by atoms with Crippen LogP contribution in [0.4, 0.5) is 0 Å². The van der Waals surface area contributed by atoms with Gasteiger partial charge < -0.3 is 10.3 Å². The summed E-state index contributed by atoms with van der Waals surface area (Å²) in [5.74, 6) is 0. The van der Waals surface area contributed by atoms with E-state index in [9.17, 15) is 4.79 Å². The molecule has 130 valence electrons. The van der Waals surface area contributed by atoms with E-state index in [2.05, 4.69) is 46.2 Å². The molecular formula is C20H23N3OS. The van der Waals surface area contributed by atoms with Crippen molar-refractivity contribution in [2.45, 2.75) is 24.3 Å². The number of aromatic nitrogens is 1. The Morgan fingerprint density at radius 3 is 2.80 bits per heavy atom. The van der Waals surface area contributed by atoms with Crippen molar-refractivity contribution in [3.63, 3.8) is 0 Å². The molecule has 1 aromatic heterocycles. The van der Waals surface area contributed by atoms with Crippen molar-refractivity contribution in [3.05, 3.63) is 76.7 Å². The molecule has 0 radical (unpaired) electrons. The van der Waals surface area contributed by atoms with Crippen LogP contribution in [-0.4, -0.2) is 24.1 Å². The zero-order chi connectivity index (χ0) is 17.5. The molecule has 0 bridgehead atoms. The van der Waals surface area contributed by atoms with Crippen LogP contribution in [0.15, 0.2) is 70.5 Å². The Morgan fingerprint density at radius 1 is 1.12 bits per heavy atom. The zero-order valence-corrected chi connectivity index (χ0v) is 15.1. The van der Waals surface area contributed by atoms with Crippen LogP contribution in [0.25, 0.3) is 10.8 Å². The fraction of sp³-hybridized carbons (Fsp3) is 0.250. The van der Waals surface area contributed by atoms with Gasteiger partial charge in [-0.15, -0.1) is 0 Å². The Hall–Kier alpha value is -2.08. The Morgan fingerprint density at radius 2 is 1.96 bits per heavy atom. The highest BCUT2D eigenvalue weighted by Crippen LogP contribution is 2.20. The van der Waals surface area contributed by atoms with Gasteiger partial charge in [0.15, 0.2) is 0 Å². The lowest BCUT2D eigenvalue weighted by atomic mass is 10.1. The molecule has 0 amide bonds. The second-order valence-electron chi connectivity index (χ2n) is 6.12. The SMILES string of the molecule is C[C@H](CNCCc1ccccc1)NSc1ccc2c(=O)[nH]ccc2c1. The molecule has 3 N–H and O–H groups in total. The minimum absolute atomic E-state index is 0.0435. The van der Waals surface area contributed by atoms with Gasteiger partial charge in [0, 0.05) is 29.1 Å². The number of hydrogen-bond acceptors (Lipinski definition) is 4. The van der Waals surface area contributed by atoms with E-state index < -0.39 is 0 Å². The molecule has 0 unspecified atom stereocenters. The molecule has 25 heavy (non-hydrogen) atoms. The van der Waals surface area contributed by atoms with Crippen molar-refractivity contribution in [3.8, 4) is 0 Å². The number of pyridine rings is 1. The molecule has 1 atom stereocenters. The van der Waals surface area contributed by atoms with Gasteiger partial charge in [-0.1, -0.05) is 30.3 Å². The first-order valence-corrected chi connectivity index (χ1v) is 9.32. The molecule has 0 saturated heterocycles. The molecule has 5 heteroatoms. The molecule has 2 aromatic carbocycles. The lowest BCUT2D eigenvalue weighted by molar-refractivity contribution is 0.586. The van der Waals surface area contributed by atoms with Crippen molar-refractivity contribution >= 4 is 22.7 Å². The Kier molecular flexibility index (Phi) is 6.28. The fourth-order valence-electron chi connectivity index (χ4n) is 2.64.